The lowest BCUT2D eigenvalue weighted by molar-refractivity contribution is -0.235. The normalized spacial score (nSPS) is 36.6. The number of hydrogen-bond acceptors (Lipinski definition) is 5. The molecule has 5 nitrogen and oxygen atoms in total. The maximum Gasteiger partial charge on any atom is 0.144 e. The predicted octanol–water partition coefficient (Wildman–Crippen LogP) is 2.87. The first kappa shape index (κ1) is 13.0. The zero-order valence-corrected chi connectivity index (χ0v) is 12.9. The summed E-state index contributed by atoms with van der Waals surface area (Å²) < 4.78 is 0.813. The number of hydrogen-bond donors (Lipinski definition) is 2. The van der Waals surface area contributed by atoms with Crippen LogP contribution in [0.2, 0.25) is 0 Å². The number of hydrazine groups is 2. The Hall–Kier alpha value is -0.690. The zero-order valence-electron chi connectivity index (χ0n) is 11.3. The molecule has 1 spiro atoms. The summed E-state index contributed by atoms with van der Waals surface area (Å²) in [5, 5.41) is 1.65. The molecule has 108 valence electrons. The molecule has 6 heteroatoms. The maximum atomic E-state index is 6.22. The van der Waals surface area contributed by atoms with Crippen LogP contribution in [0.5, 0.6) is 0 Å². The van der Waals surface area contributed by atoms with Gasteiger partial charge in [-0.25, -0.2) is 10.4 Å². The van der Waals surface area contributed by atoms with Crippen LogP contribution >= 0.6 is 15.9 Å². The van der Waals surface area contributed by atoms with E-state index in [4.69, 9.17) is 4.84 Å². The van der Waals surface area contributed by atoms with Crippen molar-refractivity contribution in [1.82, 2.24) is 15.7 Å². The van der Waals surface area contributed by atoms with Crippen LogP contribution in [0.1, 0.15) is 32.1 Å². The van der Waals surface area contributed by atoms with Crippen LogP contribution in [0.15, 0.2) is 22.8 Å². The van der Waals surface area contributed by atoms with Crippen molar-refractivity contribution in [3.05, 3.63) is 22.8 Å². The van der Waals surface area contributed by atoms with Gasteiger partial charge in [-0.05, 0) is 77.3 Å². The van der Waals surface area contributed by atoms with Crippen molar-refractivity contribution in [3.8, 4) is 0 Å². The summed E-state index contributed by atoms with van der Waals surface area (Å²) in [4.78, 5) is 10.6. The van der Waals surface area contributed by atoms with Gasteiger partial charge in [0.25, 0.3) is 0 Å². The van der Waals surface area contributed by atoms with Gasteiger partial charge in [-0.15, -0.1) is 0 Å². The van der Waals surface area contributed by atoms with Crippen LogP contribution < -0.4 is 10.9 Å². The predicted molar refractivity (Wildman–Crippen MR) is 79.3 cm³/mol. The fraction of sp³-hybridized carbons (Fsp3) is 0.643. The van der Waals surface area contributed by atoms with E-state index in [1.54, 1.807) is 5.28 Å². The van der Waals surface area contributed by atoms with Crippen LogP contribution in [0.4, 0.5) is 5.82 Å². The number of rotatable bonds is 2. The minimum Gasteiger partial charge on any atom is -0.265 e. The molecule has 1 atom stereocenters. The minimum atomic E-state index is 0.000178. The molecule has 2 heterocycles. The highest BCUT2D eigenvalue weighted by molar-refractivity contribution is 9.10. The van der Waals surface area contributed by atoms with Crippen LogP contribution in [0, 0.1) is 11.8 Å². The second kappa shape index (κ2) is 4.94. The van der Waals surface area contributed by atoms with Gasteiger partial charge < -0.3 is 0 Å². The average Bonchev–Trinajstić information content (AvgIpc) is 2.83. The van der Waals surface area contributed by atoms with Crippen LogP contribution in [-0.4, -0.2) is 22.4 Å². The molecule has 20 heavy (non-hydrogen) atoms. The van der Waals surface area contributed by atoms with E-state index in [1.165, 1.54) is 32.1 Å². The Morgan fingerprint density at radius 2 is 2.20 bits per heavy atom. The van der Waals surface area contributed by atoms with Crippen molar-refractivity contribution in [2.75, 3.05) is 12.0 Å². The number of fused-ring (bicyclic) bond motifs is 2. The first-order valence-electron chi connectivity index (χ1n) is 7.35. The number of anilines is 1. The van der Waals surface area contributed by atoms with Gasteiger partial charge in [0.1, 0.15) is 16.0 Å². The van der Waals surface area contributed by atoms with Gasteiger partial charge in [0.05, 0.1) is 0 Å². The third-order valence-corrected chi connectivity index (χ3v) is 5.39. The molecule has 0 amide bonds. The molecule has 4 aliphatic rings. The van der Waals surface area contributed by atoms with Crippen molar-refractivity contribution in [1.29, 1.82) is 0 Å². The number of aromatic nitrogens is 1. The summed E-state index contributed by atoms with van der Waals surface area (Å²) in [7, 11) is 0. The van der Waals surface area contributed by atoms with E-state index < -0.39 is 0 Å². The highest BCUT2D eigenvalue weighted by atomic mass is 79.9. The maximum absolute atomic E-state index is 6.22. The van der Waals surface area contributed by atoms with Gasteiger partial charge in [-0.2, -0.15) is 0 Å². The topological polar surface area (TPSA) is 49.4 Å². The van der Waals surface area contributed by atoms with E-state index >= 15 is 0 Å². The summed E-state index contributed by atoms with van der Waals surface area (Å²) in [5.41, 5.74) is 6.49. The fourth-order valence-corrected chi connectivity index (χ4v) is 4.31. The standard InChI is InChI=1S/C14H19BrN4O/c15-12-2-1-3-13(17-12)18-19-16-9-14(20-19)8-10-4-6-11(14)7-5-10/h1-3,10-11,16H,4-9H2,(H,17,18). The summed E-state index contributed by atoms with van der Waals surface area (Å²) in [5.74, 6) is 2.32. The van der Waals surface area contributed by atoms with Gasteiger partial charge in [0.2, 0.25) is 0 Å². The molecule has 4 fully saturated rings. The van der Waals surface area contributed by atoms with E-state index in [2.05, 4.69) is 31.8 Å². The van der Waals surface area contributed by atoms with Gasteiger partial charge >= 0.3 is 0 Å². The van der Waals surface area contributed by atoms with Crippen molar-refractivity contribution in [2.24, 2.45) is 11.8 Å². The Labute approximate surface area is 127 Å². The third kappa shape index (κ3) is 2.24. The van der Waals surface area contributed by atoms with Crippen molar-refractivity contribution in [3.63, 3.8) is 0 Å². The Morgan fingerprint density at radius 3 is 2.90 bits per heavy atom. The lowest BCUT2D eigenvalue weighted by Crippen LogP contribution is -2.50. The highest BCUT2D eigenvalue weighted by Gasteiger charge is 2.52. The van der Waals surface area contributed by atoms with Gasteiger partial charge in [-0.3, -0.25) is 10.3 Å². The molecule has 2 bridgehead atoms. The van der Waals surface area contributed by atoms with E-state index in [9.17, 15) is 0 Å². The molecule has 0 aromatic carbocycles. The number of nitrogens with zero attached hydrogens (tertiary/aromatic N) is 2. The van der Waals surface area contributed by atoms with Gasteiger partial charge in [-0.1, -0.05) is 6.07 Å². The molecular weight excluding hydrogens is 320 g/mol. The van der Waals surface area contributed by atoms with Crippen molar-refractivity contribution in [2.45, 2.75) is 37.7 Å². The lowest BCUT2D eigenvalue weighted by atomic mass is 9.62. The van der Waals surface area contributed by atoms with Gasteiger partial charge in [0.15, 0.2) is 0 Å². The summed E-state index contributed by atoms with van der Waals surface area (Å²) in [6, 6.07) is 5.78. The van der Waals surface area contributed by atoms with Gasteiger partial charge in [0, 0.05) is 6.54 Å². The third-order valence-electron chi connectivity index (χ3n) is 4.95. The Balaban J connectivity index is 1.45. The molecule has 1 unspecified atom stereocenters. The van der Waals surface area contributed by atoms with E-state index in [0.717, 1.165) is 22.9 Å². The Morgan fingerprint density at radius 1 is 1.35 bits per heavy atom. The monoisotopic (exact) mass is 338 g/mol. The van der Waals surface area contributed by atoms with Crippen molar-refractivity contribution < 1.29 is 4.84 Å². The largest absolute Gasteiger partial charge is 0.265 e. The van der Waals surface area contributed by atoms with Crippen LogP contribution in [-0.2, 0) is 4.84 Å². The summed E-state index contributed by atoms with van der Waals surface area (Å²) in [6.45, 7) is 0.898. The van der Waals surface area contributed by atoms with Crippen LogP contribution in [0.25, 0.3) is 0 Å². The van der Waals surface area contributed by atoms with Crippen LogP contribution in [0.3, 0.4) is 0 Å². The SMILES string of the molecule is Brc1cccc(NN2NCC3(CC4CCC3CC4)O2)n1. The molecule has 3 aliphatic carbocycles. The summed E-state index contributed by atoms with van der Waals surface area (Å²) >= 11 is 3.38. The molecule has 1 aromatic heterocycles. The molecule has 1 aliphatic heterocycles. The zero-order chi connectivity index (χ0) is 13.6. The Kier molecular flexibility index (Phi) is 3.22. The molecule has 0 radical (unpaired) electrons. The lowest BCUT2D eigenvalue weighted by Gasteiger charge is -2.47. The van der Waals surface area contributed by atoms with Crippen molar-refractivity contribution >= 4 is 21.7 Å². The molecule has 3 saturated carbocycles. The second-order valence-corrected chi connectivity index (χ2v) is 6.98. The summed E-state index contributed by atoms with van der Waals surface area (Å²) in [6.07, 6.45) is 6.59. The number of pyridine rings is 1. The quantitative estimate of drug-likeness (QED) is 0.812. The van der Waals surface area contributed by atoms with E-state index in [0.29, 0.717) is 5.92 Å². The molecular formula is C14H19BrN4O. The Bertz CT molecular complexity index is 506. The smallest absolute Gasteiger partial charge is 0.144 e. The fourth-order valence-electron chi connectivity index (χ4n) is 3.97. The molecule has 5 rings (SSSR count). The first-order chi connectivity index (χ1) is 9.73. The average molecular weight is 339 g/mol. The minimum absolute atomic E-state index is 0.000178. The highest BCUT2D eigenvalue weighted by Crippen LogP contribution is 2.50. The first-order valence-corrected chi connectivity index (χ1v) is 8.15. The number of halogens is 1. The number of nitrogens with one attached hydrogen (secondary N) is 2. The molecule has 2 N–H and O–H groups in total. The van der Waals surface area contributed by atoms with E-state index in [-0.39, 0.29) is 5.60 Å². The van der Waals surface area contributed by atoms with E-state index in [1.807, 2.05) is 18.2 Å². The second-order valence-electron chi connectivity index (χ2n) is 6.16. The molecule has 1 saturated heterocycles. The molecule has 1 aromatic rings.